The van der Waals surface area contributed by atoms with Crippen LogP contribution >= 0.6 is 0 Å². The van der Waals surface area contributed by atoms with E-state index in [2.05, 4.69) is 15.5 Å². The van der Waals surface area contributed by atoms with E-state index in [4.69, 9.17) is 9.26 Å². The van der Waals surface area contributed by atoms with Gasteiger partial charge >= 0.3 is 0 Å². The minimum absolute atomic E-state index is 0.136. The van der Waals surface area contributed by atoms with Crippen LogP contribution in [0.3, 0.4) is 0 Å². The quantitative estimate of drug-likeness (QED) is 0.640. The lowest BCUT2D eigenvalue weighted by Crippen LogP contribution is -2.23. The number of aryl methyl sites for hydroxylation is 2. The van der Waals surface area contributed by atoms with Crippen molar-refractivity contribution in [3.8, 4) is 17.1 Å². The van der Waals surface area contributed by atoms with Crippen molar-refractivity contribution < 1.29 is 18.4 Å². The van der Waals surface area contributed by atoms with Crippen molar-refractivity contribution in [3.63, 3.8) is 0 Å². The van der Waals surface area contributed by atoms with Crippen molar-refractivity contribution in [2.75, 3.05) is 6.61 Å². The Hall–Kier alpha value is -3.22. The zero-order valence-corrected chi connectivity index (χ0v) is 15.9. The molecule has 0 aliphatic rings. The van der Waals surface area contributed by atoms with E-state index in [9.17, 15) is 9.18 Å². The molecule has 0 radical (unpaired) electrons. The van der Waals surface area contributed by atoms with Crippen molar-refractivity contribution in [2.45, 2.75) is 33.2 Å². The maximum atomic E-state index is 13.3. The number of ether oxygens (including phenoxy) is 1. The minimum atomic E-state index is -0.255. The van der Waals surface area contributed by atoms with Gasteiger partial charge in [0.2, 0.25) is 17.6 Å². The van der Waals surface area contributed by atoms with Gasteiger partial charge in [0.1, 0.15) is 11.6 Å². The van der Waals surface area contributed by atoms with E-state index in [-0.39, 0.29) is 18.1 Å². The predicted molar refractivity (Wildman–Crippen MR) is 102 cm³/mol. The molecule has 1 amide bonds. The van der Waals surface area contributed by atoms with Crippen molar-refractivity contribution in [1.82, 2.24) is 15.5 Å². The van der Waals surface area contributed by atoms with Crippen LogP contribution in [0.5, 0.6) is 5.75 Å². The van der Waals surface area contributed by atoms with E-state index in [0.29, 0.717) is 36.9 Å². The van der Waals surface area contributed by atoms with Gasteiger partial charge in [0.15, 0.2) is 0 Å². The van der Waals surface area contributed by atoms with Gasteiger partial charge in [0.25, 0.3) is 0 Å². The van der Waals surface area contributed by atoms with E-state index in [1.165, 1.54) is 6.07 Å². The van der Waals surface area contributed by atoms with Crippen LogP contribution in [-0.4, -0.2) is 22.7 Å². The van der Waals surface area contributed by atoms with Gasteiger partial charge in [-0.05, 0) is 55.3 Å². The Morgan fingerprint density at radius 2 is 2.00 bits per heavy atom. The first kappa shape index (κ1) is 19.5. The van der Waals surface area contributed by atoms with Crippen LogP contribution in [-0.2, 0) is 17.8 Å². The standard InChI is InChI=1S/C21H22FN3O3/c1-3-27-17-7-5-16(6-8-17)21-24-20(28-25-21)11-10-19(26)23-13-15-4-9-18(22)14(2)12-15/h4-9,12H,3,10-11,13H2,1-2H3,(H,23,26). The molecule has 0 bridgehead atoms. The highest BCUT2D eigenvalue weighted by atomic mass is 19.1. The normalized spacial score (nSPS) is 10.7. The van der Waals surface area contributed by atoms with Crippen molar-refractivity contribution in [2.24, 2.45) is 0 Å². The Morgan fingerprint density at radius 3 is 2.71 bits per heavy atom. The van der Waals surface area contributed by atoms with Gasteiger partial charge in [-0.25, -0.2) is 4.39 Å². The molecule has 2 aromatic carbocycles. The number of rotatable bonds is 8. The second-order valence-corrected chi connectivity index (χ2v) is 6.33. The Labute approximate surface area is 162 Å². The second kappa shape index (κ2) is 9.12. The van der Waals surface area contributed by atoms with Gasteiger partial charge in [-0.3, -0.25) is 4.79 Å². The molecule has 0 aliphatic carbocycles. The summed E-state index contributed by atoms with van der Waals surface area (Å²) in [5, 5.41) is 6.76. The number of nitrogens with zero attached hydrogens (tertiary/aromatic N) is 2. The fraction of sp³-hybridized carbons (Fsp3) is 0.286. The molecule has 0 fully saturated rings. The van der Waals surface area contributed by atoms with Gasteiger partial charge in [-0.2, -0.15) is 4.98 Å². The van der Waals surface area contributed by atoms with Crippen LogP contribution in [0.4, 0.5) is 4.39 Å². The van der Waals surface area contributed by atoms with Crippen molar-refractivity contribution in [1.29, 1.82) is 0 Å². The lowest BCUT2D eigenvalue weighted by Gasteiger charge is -2.06. The maximum absolute atomic E-state index is 13.3. The van der Waals surface area contributed by atoms with Gasteiger partial charge in [-0.1, -0.05) is 17.3 Å². The summed E-state index contributed by atoms with van der Waals surface area (Å²) in [7, 11) is 0. The molecule has 0 spiro atoms. The first-order valence-corrected chi connectivity index (χ1v) is 9.12. The first-order chi connectivity index (χ1) is 13.5. The van der Waals surface area contributed by atoms with E-state index in [1.807, 2.05) is 31.2 Å². The van der Waals surface area contributed by atoms with Crippen LogP contribution in [0.15, 0.2) is 47.0 Å². The number of hydrogen-bond donors (Lipinski definition) is 1. The number of nitrogens with one attached hydrogen (secondary N) is 1. The summed E-state index contributed by atoms with van der Waals surface area (Å²) in [4.78, 5) is 16.4. The number of amides is 1. The molecule has 0 saturated carbocycles. The summed E-state index contributed by atoms with van der Waals surface area (Å²) in [6.07, 6.45) is 0.573. The molecule has 28 heavy (non-hydrogen) atoms. The summed E-state index contributed by atoms with van der Waals surface area (Å²) in [6, 6.07) is 12.2. The molecule has 146 valence electrons. The molecule has 0 atom stereocenters. The highest BCUT2D eigenvalue weighted by Gasteiger charge is 2.11. The second-order valence-electron chi connectivity index (χ2n) is 6.33. The monoisotopic (exact) mass is 383 g/mol. The highest BCUT2D eigenvalue weighted by Crippen LogP contribution is 2.20. The summed E-state index contributed by atoms with van der Waals surface area (Å²) >= 11 is 0. The van der Waals surface area contributed by atoms with Gasteiger partial charge in [-0.15, -0.1) is 0 Å². The van der Waals surface area contributed by atoms with E-state index < -0.39 is 0 Å². The fourth-order valence-corrected chi connectivity index (χ4v) is 2.67. The third-order valence-electron chi connectivity index (χ3n) is 4.17. The van der Waals surface area contributed by atoms with Gasteiger partial charge < -0.3 is 14.6 Å². The molecular weight excluding hydrogens is 361 g/mol. The third-order valence-corrected chi connectivity index (χ3v) is 4.17. The molecule has 1 aromatic heterocycles. The topological polar surface area (TPSA) is 77.2 Å². The minimum Gasteiger partial charge on any atom is -0.494 e. The lowest BCUT2D eigenvalue weighted by molar-refractivity contribution is -0.121. The van der Waals surface area contributed by atoms with E-state index in [0.717, 1.165) is 16.9 Å². The fourth-order valence-electron chi connectivity index (χ4n) is 2.67. The van der Waals surface area contributed by atoms with Gasteiger partial charge in [0, 0.05) is 24.9 Å². The van der Waals surface area contributed by atoms with Crippen LogP contribution in [0.2, 0.25) is 0 Å². The number of carbonyl (C=O) groups is 1. The van der Waals surface area contributed by atoms with Crippen LogP contribution < -0.4 is 10.1 Å². The Kier molecular flexibility index (Phi) is 6.37. The number of carbonyl (C=O) groups excluding carboxylic acids is 1. The first-order valence-electron chi connectivity index (χ1n) is 9.12. The number of halogens is 1. The molecule has 6 nitrogen and oxygen atoms in total. The Balaban J connectivity index is 1.49. The molecule has 0 unspecified atom stereocenters. The largest absolute Gasteiger partial charge is 0.494 e. The molecule has 0 aliphatic heterocycles. The molecule has 0 saturated heterocycles. The summed E-state index contributed by atoms with van der Waals surface area (Å²) in [5.74, 6) is 1.26. The SMILES string of the molecule is CCOc1ccc(-c2noc(CCC(=O)NCc3ccc(F)c(C)c3)n2)cc1. The number of hydrogen-bond acceptors (Lipinski definition) is 5. The summed E-state index contributed by atoms with van der Waals surface area (Å²) in [5.41, 5.74) is 2.22. The van der Waals surface area contributed by atoms with E-state index in [1.54, 1.807) is 19.1 Å². The Bertz CT molecular complexity index is 938. The molecule has 3 rings (SSSR count). The molecule has 7 heteroatoms. The molecular formula is C21H22FN3O3. The van der Waals surface area contributed by atoms with E-state index >= 15 is 0 Å². The average Bonchev–Trinajstić information content (AvgIpc) is 3.17. The average molecular weight is 383 g/mol. The summed E-state index contributed by atoms with van der Waals surface area (Å²) < 4.78 is 23.9. The predicted octanol–water partition coefficient (Wildman–Crippen LogP) is 3.83. The van der Waals surface area contributed by atoms with Crippen molar-refractivity contribution in [3.05, 3.63) is 65.3 Å². The third kappa shape index (κ3) is 5.16. The molecule has 1 heterocycles. The highest BCUT2D eigenvalue weighted by molar-refractivity contribution is 5.76. The number of aromatic nitrogens is 2. The zero-order chi connectivity index (χ0) is 19.9. The summed E-state index contributed by atoms with van der Waals surface area (Å²) in [6.45, 7) is 4.57. The molecule has 1 N–H and O–H groups in total. The molecule has 3 aromatic rings. The number of benzene rings is 2. The lowest BCUT2D eigenvalue weighted by atomic mass is 10.1. The van der Waals surface area contributed by atoms with Gasteiger partial charge in [0.05, 0.1) is 6.61 Å². The Morgan fingerprint density at radius 1 is 1.21 bits per heavy atom. The zero-order valence-electron chi connectivity index (χ0n) is 15.9. The van der Waals surface area contributed by atoms with Crippen LogP contribution in [0.1, 0.15) is 30.4 Å². The van der Waals surface area contributed by atoms with Crippen LogP contribution in [0, 0.1) is 12.7 Å². The smallest absolute Gasteiger partial charge is 0.227 e. The van der Waals surface area contributed by atoms with Crippen LogP contribution in [0.25, 0.3) is 11.4 Å². The van der Waals surface area contributed by atoms with Crippen molar-refractivity contribution >= 4 is 5.91 Å². The maximum Gasteiger partial charge on any atom is 0.227 e.